The zero-order chi connectivity index (χ0) is 11.7. The van der Waals surface area contributed by atoms with Crippen LogP contribution in [0, 0.1) is 17.1 Å². The molecule has 0 atom stereocenters. The zero-order valence-electron chi connectivity index (χ0n) is 7.89. The Balaban J connectivity index is 2.67. The quantitative estimate of drug-likeness (QED) is 0.768. The summed E-state index contributed by atoms with van der Waals surface area (Å²) in [6, 6.07) is 4.95. The van der Waals surface area contributed by atoms with Crippen LogP contribution in [0.2, 0.25) is 10.0 Å². The summed E-state index contributed by atoms with van der Waals surface area (Å²) in [6.45, 7) is 0. The molecule has 0 aliphatic carbocycles. The van der Waals surface area contributed by atoms with E-state index in [-0.39, 0.29) is 15.6 Å². The highest BCUT2D eigenvalue weighted by Gasteiger charge is 2.15. The molecule has 1 aromatic carbocycles. The number of nitriles is 1. The highest BCUT2D eigenvalue weighted by molar-refractivity contribution is 6.42. The first-order chi connectivity index (χ1) is 7.65. The summed E-state index contributed by atoms with van der Waals surface area (Å²) in [4.78, 5) is 2.74. The molecule has 0 fully saturated rings. The summed E-state index contributed by atoms with van der Waals surface area (Å²) in [7, 11) is 0. The van der Waals surface area contributed by atoms with Gasteiger partial charge in [-0.3, -0.25) is 0 Å². The molecule has 0 bridgehead atoms. The lowest BCUT2D eigenvalue weighted by Crippen LogP contribution is -1.87. The molecule has 80 valence electrons. The van der Waals surface area contributed by atoms with Crippen molar-refractivity contribution in [2.45, 2.75) is 0 Å². The van der Waals surface area contributed by atoms with Gasteiger partial charge in [0.2, 0.25) is 0 Å². The van der Waals surface area contributed by atoms with Crippen molar-refractivity contribution in [3.63, 3.8) is 0 Å². The van der Waals surface area contributed by atoms with Crippen LogP contribution in [0.3, 0.4) is 0 Å². The number of benzene rings is 1. The van der Waals surface area contributed by atoms with Gasteiger partial charge in [0.1, 0.15) is 6.07 Å². The van der Waals surface area contributed by atoms with Crippen LogP contribution in [-0.4, -0.2) is 4.98 Å². The van der Waals surface area contributed by atoms with E-state index in [2.05, 4.69) is 4.98 Å². The van der Waals surface area contributed by atoms with Crippen LogP contribution >= 0.6 is 23.2 Å². The standard InChI is InChI=1S/C11H5Cl2FN2/c12-9-2-1-7(11(14)10(9)13)8-5-16-4-6(8)3-15/h1-2,4-5,16H. The van der Waals surface area contributed by atoms with Gasteiger partial charge in [-0.05, 0) is 12.1 Å². The van der Waals surface area contributed by atoms with Crippen molar-refractivity contribution in [2.24, 2.45) is 0 Å². The lowest BCUT2D eigenvalue weighted by molar-refractivity contribution is 0.632. The Bertz CT molecular complexity index is 584. The molecule has 0 spiro atoms. The number of hydrogen-bond acceptors (Lipinski definition) is 1. The smallest absolute Gasteiger partial charge is 0.151 e. The van der Waals surface area contributed by atoms with Crippen LogP contribution < -0.4 is 0 Å². The van der Waals surface area contributed by atoms with Gasteiger partial charge in [-0.25, -0.2) is 4.39 Å². The summed E-state index contributed by atoms with van der Waals surface area (Å²) in [5, 5.41) is 8.85. The number of hydrogen-bond donors (Lipinski definition) is 1. The molecule has 0 unspecified atom stereocenters. The number of aromatic nitrogens is 1. The largest absolute Gasteiger partial charge is 0.366 e. The van der Waals surface area contributed by atoms with Crippen molar-refractivity contribution in [3.05, 3.63) is 46.0 Å². The van der Waals surface area contributed by atoms with E-state index in [0.29, 0.717) is 11.1 Å². The monoisotopic (exact) mass is 254 g/mol. The molecule has 0 aliphatic rings. The minimum absolute atomic E-state index is 0.135. The average Bonchev–Trinajstić information content (AvgIpc) is 2.74. The van der Waals surface area contributed by atoms with E-state index in [0.717, 1.165) is 0 Å². The summed E-state index contributed by atoms with van der Waals surface area (Å²) in [6.07, 6.45) is 3.04. The molecule has 2 aromatic rings. The maximum Gasteiger partial charge on any atom is 0.151 e. The summed E-state index contributed by atoms with van der Waals surface area (Å²) in [5.74, 6) is -0.620. The number of nitrogens with zero attached hydrogens (tertiary/aromatic N) is 1. The number of nitrogens with one attached hydrogen (secondary N) is 1. The fraction of sp³-hybridized carbons (Fsp3) is 0. The van der Waals surface area contributed by atoms with Gasteiger partial charge >= 0.3 is 0 Å². The number of aromatic amines is 1. The van der Waals surface area contributed by atoms with Gasteiger partial charge in [0.25, 0.3) is 0 Å². The molecule has 0 saturated carbocycles. The van der Waals surface area contributed by atoms with Crippen LogP contribution in [0.25, 0.3) is 11.1 Å². The van der Waals surface area contributed by atoms with Crippen LogP contribution in [0.5, 0.6) is 0 Å². The SMILES string of the molecule is N#Cc1c[nH]cc1-c1ccc(Cl)c(Cl)c1F. The van der Waals surface area contributed by atoms with Crippen molar-refractivity contribution in [1.29, 1.82) is 5.26 Å². The molecule has 0 aliphatic heterocycles. The van der Waals surface area contributed by atoms with Crippen LogP contribution in [0.1, 0.15) is 5.56 Å². The van der Waals surface area contributed by atoms with Crippen LogP contribution in [0.4, 0.5) is 4.39 Å². The minimum atomic E-state index is -0.620. The van der Waals surface area contributed by atoms with Crippen molar-refractivity contribution >= 4 is 23.2 Å². The Morgan fingerprint density at radius 3 is 2.62 bits per heavy atom. The minimum Gasteiger partial charge on any atom is -0.366 e. The molecule has 1 N–H and O–H groups in total. The molecule has 0 amide bonds. The fourth-order valence-electron chi connectivity index (χ4n) is 1.41. The normalized spacial score (nSPS) is 10.1. The van der Waals surface area contributed by atoms with E-state index in [4.69, 9.17) is 28.5 Å². The third-order valence-electron chi connectivity index (χ3n) is 2.19. The second-order valence-electron chi connectivity index (χ2n) is 3.12. The molecule has 0 saturated heterocycles. The lowest BCUT2D eigenvalue weighted by atomic mass is 10.0. The fourth-order valence-corrected chi connectivity index (χ4v) is 1.72. The molecule has 16 heavy (non-hydrogen) atoms. The van der Waals surface area contributed by atoms with Gasteiger partial charge in [-0.1, -0.05) is 23.2 Å². The van der Waals surface area contributed by atoms with Gasteiger partial charge in [-0.2, -0.15) is 5.26 Å². The molecule has 0 radical (unpaired) electrons. The maximum atomic E-state index is 13.8. The van der Waals surface area contributed by atoms with Crippen LogP contribution in [0.15, 0.2) is 24.5 Å². The molecule has 1 heterocycles. The van der Waals surface area contributed by atoms with Crippen molar-refractivity contribution in [1.82, 2.24) is 4.98 Å². The van der Waals surface area contributed by atoms with E-state index in [1.807, 2.05) is 6.07 Å². The second-order valence-corrected chi connectivity index (χ2v) is 3.90. The molecule has 5 heteroatoms. The summed E-state index contributed by atoms with van der Waals surface area (Å²) in [5.41, 5.74) is 1.09. The average molecular weight is 255 g/mol. The molecule has 2 nitrogen and oxygen atoms in total. The van der Waals surface area contributed by atoms with Gasteiger partial charge < -0.3 is 4.98 Å². The van der Waals surface area contributed by atoms with E-state index in [9.17, 15) is 4.39 Å². The maximum absolute atomic E-state index is 13.8. The van der Waals surface area contributed by atoms with Gasteiger partial charge in [0.05, 0.1) is 15.6 Å². The van der Waals surface area contributed by atoms with E-state index in [1.165, 1.54) is 18.3 Å². The van der Waals surface area contributed by atoms with Gasteiger partial charge in [0.15, 0.2) is 5.82 Å². The third-order valence-corrected chi connectivity index (χ3v) is 2.97. The Kier molecular flexibility index (Phi) is 2.86. The second kappa shape index (κ2) is 4.17. The molecular formula is C11H5Cl2FN2. The Hall–Kier alpha value is -1.50. The Morgan fingerprint density at radius 2 is 1.94 bits per heavy atom. The number of halogens is 3. The molecule has 1 aromatic heterocycles. The third kappa shape index (κ3) is 1.67. The van der Waals surface area contributed by atoms with E-state index in [1.54, 1.807) is 6.20 Å². The highest BCUT2D eigenvalue weighted by Crippen LogP contribution is 2.33. The van der Waals surface area contributed by atoms with Gasteiger partial charge in [0, 0.05) is 23.5 Å². The first-order valence-corrected chi connectivity index (χ1v) is 5.11. The number of rotatable bonds is 1. The zero-order valence-corrected chi connectivity index (χ0v) is 9.40. The predicted molar refractivity (Wildman–Crippen MR) is 60.9 cm³/mol. The van der Waals surface area contributed by atoms with Crippen molar-refractivity contribution < 1.29 is 4.39 Å². The Morgan fingerprint density at radius 1 is 1.19 bits per heavy atom. The van der Waals surface area contributed by atoms with E-state index < -0.39 is 5.82 Å². The topological polar surface area (TPSA) is 39.6 Å². The first kappa shape index (κ1) is 11.0. The Labute approximate surface area is 101 Å². The summed E-state index contributed by atoms with van der Waals surface area (Å²) >= 11 is 11.4. The summed E-state index contributed by atoms with van der Waals surface area (Å²) < 4.78 is 13.8. The predicted octanol–water partition coefficient (Wildman–Crippen LogP) is 4.00. The van der Waals surface area contributed by atoms with Gasteiger partial charge in [-0.15, -0.1) is 0 Å². The molecular weight excluding hydrogens is 250 g/mol. The van der Waals surface area contributed by atoms with Crippen molar-refractivity contribution in [2.75, 3.05) is 0 Å². The highest BCUT2D eigenvalue weighted by atomic mass is 35.5. The van der Waals surface area contributed by atoms with E-state index >= 15 is 0 Å². The van der Waals surface area contributed by atoms with Crippen LogP contribution in [-0.2, 0) is 0 Å². The first-order valence-electron chi connectivity index (χ1n) is 4.36. The van der Waals surface area contributed by atoms with Crippen molar-refractivity contribution in [3.8, 4) is 17.2 Å². The lowest BCUT2D eigenvalue weighted by Gasteiger charge is -2.04. The number of H-pyrrole nitrogens is 1. The molecule has 2 rings (SSSR count).